The standard InChI is InChI=1S/C12H18N2O5S/c1-14(2)20(16,17)13-12(15)10-5-4-6-11(9-10)19-8-7-18-3/h4-6,9H,7-8H2,1-3H3,(H,13,15). The molecule has 0 saturated carbocycles. The zero-order valence-electron chi connectivity index (χ0n) is 11.6. The van der Waals surface area contributed by atoms with E-state index < -0.39 is 16.1 Å². The quantitative estimate of drug-likeness (QED) is 0.730. The second-order valence-corrected chi connectivity index (χ2v) is 5.97. The molecule has 0 aliphatic heterocycles. The third-order valence-corrected chi connectivity index (χ3v) is 3.76. The summed E-state index contributed by atoms with van der Waals surface area (Å²) in [5, 5.41) is 0. The van der Waals surface area contributed by atoms with Crippen molar-refractivity contribution in [1.82, 2.24) is 9.03 Å². The van der Waals surface area contributed by atoms with Crippen LogP contribution in [0, 0.1) is 0 Å². The monoisotopic (exact) mass is 302 g/mol. The maximum atomic E-state index is 11.8. The summed E-state index contributed by atoms with van der Waals surface area (Å²) in [6.45, 7) is 0.767. The molecule has 0 saturated heterocycles. The van der Waals surface area contributed by atoms with Gasteiger partial charge in [0.05, 0.1) is 6.61 Å². The summed E-state index contributed by atoms with van der Waals surface area (Å²) in [4.78, 5) is 11.8. The summed E-state index contributed by atoms with van der Waals surface area (Å²) >= 11 is 0. The molecule has 0 radical (unpaired) electrons. The van der Waals surface area contributed by atoms with Gasteiger partial charge in [-0.3, -0.25) is 4.79 Å². The molecule has 0 aliphatic rings. The van der Waals surface area contributed by atoms with Crippen molar-refractivity contribution in [2.45, 2.75) is 0 Å². The number of benzene rings is 1. The summed E-state index contributed by atoms with van der Waals surface area (Å²) in [6, 6.07) is 6.26. The minimum atomic E-state index is -3.81. The predicted octanol–water partition coefficient (Wildman–Crippen LogP) is 0.248. The summed E-state index contributed by atoms with van der Waals surface area (Å²) in [5.74, 6) is -0.243. The van der Waals surface area contributed by atoms with Crippen molar-refractivity contribution in [1.29, 1.82) is 0 Å². The van der Waals surface area contributed by atoms with Crippen molar-refractivity contribution < 1.29 is 22.7 Å². The fraction of sp³-hybridized carbons (Fsp3) is 0.417. The molecule has 0 heterocycles. The van der Waals surface area contributed by atoms with Gasteiger partial charge in [-0.1, -0.05) is 6.07 Å². The van der Waals surface area contributed by atoms with Gasteiger partial charge in [0.2, 0.25) is 0 Å². The van der Waals surface area contributed by atoms with E-state index in [2.05, 4.69) is 0 Å². The van der Waals surface area contributed by atoms with Crippen LogP contribution in [0.3, 0.4) is 0 Å². The number of ether oxygens (including phenoxy) is 2. The minimum Gasteiger partial charge on any atom is -0.491 e. The Morgan fingerprint density at radius 1 is 1.30 bits per heavy atom. The highest BCUT2D eigenvalue weighted by atomic mass is 32.2. The van der Waals surface area contributed by atoms with E-state index in [-0.39, 0.29) is 5.56 Å². The molecule has 1 N–H and O–H groups in total. The van der Waals surface area contributed by atoms with Crippen LogP contribution >= 0.6 is 0 Å². The van der Waals surface area contributed by atoms with E-state index in [1.54, 1.807) is 19.2 Å². The van der Waals surface area contributed by atoms with Crippen molar-refractivity contribution in [3.63, 3.8) is 0 Å². The lowest BCUT2D eigenvalue weighted by molar-refractivity contribution is 0.0979. The Balaban J connectivity index is 2.76. The van der Waals surface area contributed by atoms with Crippen LogP contribution in [-0.4, -0.2) is 53.0 Å². The molecule has 8 heteroatoms. The Labute approximate surface area is 118 Å². The normalized spacial score (nSPS) is 11.4. The van der Waals surface area contributed by atoms with Gasteiger partial charge in [0.15, 0.2) is 0 Å². The first kappa shape index (κ1) is 16.4. The summed E-state index contributed by atoms with van der Waals surface area (Å²) < 4.78 is 36.2. The third-order valence-electron chi connectivity index (χ3n) is 2.35. The molecule has 1 rings (SSSR count). The average Bonchev–Trinajstić information content (AvgIpc) is 2.38. The zero-order valence-corrected chi connectivity index (χ0v) is 12.4. The summed E-state index contributed by atoms with van der Waals surface area (Å²) in [5.41, 5.74) is 0.199. The maximum Gasteiger partial charge on any atom is 0.303 e. The van der Waals surface area contributed by atoms with Gasteiger partial charge < -0.3 is 9.47 Å². The number of carbonyl (C=O) groups excluding carboxylic acids is 1. The van der Waals surface area contributed by atoms with E-state index in [4.69, 9.17) is 9.47 Å². The first-order valence-electron chi connectivity index (χ1n) is 5.83. The lowest BCUT2D eigenvalue weighted by atomic mass is 10.2. The Hall–Kier alpha value is -1.64. The van der Waals surface area contributed by atoms with Crippen molar-refractivity contribution in [2.24, 2.45) is 0 Å². The van der Waals surface area contributed by atoms with Crippen LogP contribution in [-0.2, 0) is 14.9 Å². The van der Waals surface area contributed by atoms with Crippen LogP contribution in [0.4, 0.5) is 0 Å². The van der Waals surface area contributed by atoms with Crippen LogP contribution in [0.1, 0.15) is 10.4 Å². The smallest absolute Gasteiger partial charge is 0.303 e. The topological polar surface area (TPSA) is 84.9 Å². The number of amides is 1. The number of methoxy groups -OCH3 is 1. The van der Waals surface area contributed by atoms with Gasteiger partial charge in [-0.25, -0.2) is 4.72 Å². The van der Waals surface area contributed by atoms with E-state index >= 15 is 0 Å². The number of hydrogen-bond acceptors (Lipinski definition) is 5. The Morgan fingerprint density at radius 2 is 2.00 bits per heavy atom. The van der Waals surface area contributed by atoms with Crippen molar-refractivity contribution in [2.75, 3.05) is 34.4 Å². The van der Waals surface area contributed by atoms with Gasteiger partial charge in [-0.05, 0) is 18.2 Å². The average molecular weight is 302 g/mol. The second-order valence-electron chi connectivity index (χ2n) is 4.09. The third kappa shape index (κ3) is 4.80. The van der Waals surface area contributed by atoms with Crippen LogP contribution in [0.2, 0.25) is 0 Å². The Morgan fingerprint density at radius 3 is 2.60 bits per heavy atom. The molecule has 112 valence electrons. The number of hydrogen-bond donors (Lipinski definition) is 1. The van der Waals surface area contributed by atoms with Crippen LogP contribution in [0.5, 0.6) is 5.75 Å². The molecule has 1 aromatic rings. The first-order valence-corrected chi connectivity index (χ1v) is 7.27. The molecule has 7 nitrogen and oxygen atoms in total. The predicted molar refractivity (Wildman–Crippen MR) is 73.9 cm³/mol. The highest BCUT2D eigenvalue weighted by Gasteiger charge is 2.18. The summed E-state index contributed by atoms with van der Waals surface area (Å²) in [6.07, 6.45) is 0. The number of rotatable bonds is 7. The molecule has 0 unspecified atom stereocenters. The highest BCUT2D eigenvalue weighted by molar-refractivity contribution is 7.87. The van der Waals surface area contributed by atoms with Gasteiger partial charge in [-0.15, -0.1) is 0 Å². The first-order chi connectivity index (χ1) is 9.36. The molecule has 0 aliphatic carbocycles. The second kappa shape index (κ2) is 7.22. The van der Waals surface area contributed by atoms with Crippen LogP contribution in [0.15, 0.2) is 24.3 Å². The Kier molecular flexibility index (Phi) is 5.93. The SMILES string of the molecule is COCCOc1cccc(C(=O)NS(=O)(=O)N(C)C)c1. The fourth-order valence-corrected chi connectivity index (χ4v) is 1.77. The number of carbonyl (C=O) groups is 1. The molecular formula is C12H18N2O5S. The largest absolute Gasteiger partial charge is 0.491 e. The van der Waals surface area contributed by atoms with Gasteiger partial charge >= 0.3 is 10.2 Å². The van der Waals surface area contributed by atoms with Gasteiger partial charge in [-0.2, -0.15) is 12.7 Å². The molecule has 0 bridgehead atoms. The highest BCUT2D eigenvalue weighted by Crippen LogP contribution is 2.13. The molecule has 1 aromatic carbocycles. The van der Waals surface area contributed by atoms with Crippen molar-refractivity contribution in [3.8, 4) is 5.75 Å². The van der Waals surface area contributed by atoms with Gasteiger partial charge in [0.25, 0.3) is 5.91 Å². The van der Waals surface area contributed by atoms with E-state index in [9.17, 15) is 13.2 Å². The molecule has 0 aromatic heterocycles. The maximum absolute atomic E-state index is 11.8. The lowest BCUT2D eigenvalue weighted by Crippen LogP contribution is -2.39. The molecule has 0 atom stereocenters. The lowest BCUT2D eigenvalue weighted by Gasteiger charge is -2.12. The van der Waals surface area contributed by atoms with Gasteiger partial charge in [0.1, 0.15) is 12.4 Å². The molecule has 0 spiro atoms. The van der Waals surface area contributed by atoms with E-state index in [0.29, 0.717) is 19.0 Å². The van der Waals surface area contributed by atoms with Crippen molar-refractivity contribution >= 4 is 16.1 Å². The van der Waals surface area contributed by atoms with Crippen LogP contribution in [0.25, 0.3) is 0 Å². The zero-order chi connectivity index (χ0) is 15.2. The van der Waals surface area contributed by atoms with E-state index in [1.165, 1.54) is 26.2 Å². The molecular weight excluding hydrogens is 284 g/mol. The number of nitrogens with zero attached hydrogens (tertiary/aromatic N) is 1. The van der Waals surface area contributed by atoms with Crippen molar-refractivity contribution in [3.05, 3.63) is 29.8 Å². The molecule has 1 amide bonds. The van der Waals surface area contributed by atoms with E-state index in [0.717, 1.165) is 4.31 Å². The summed E-state index contributed by atoms with van der Waals surface area (Å²) in [7, 11) is 0.415. The van der Waals surface area contributed by atoms with E-state index in [1.807, 2.05) is 4.72 Å². The minimum absolute atomic E-state index is 0.199. The number of nitrogens with one attached hydrogen (secondary N) is 1. The molecule has 0 fully saturated rings. The van der Waals surface area contributed by atoms with Crippen LogP contribution < -0.4 is 9.46 Å². The molecule has 20 heavy (non-hydrogen) atoms. The fourth-order valence-electron chi connectivity index (χ4n) is 1.24. The Bertz CT molecular complexity index is 557. The van der Waals surface area contributed by atoms with Gasteiger partial charge in [0, 0.05) is 26.8 Å².